The Morgan fingerprint density at radius 3 is 2.55 bits per heavy atom. The summed E-state index contributed by atoms with van der Waals surface area (Å²) in [5.41, 5.74) is 0. The molecule has 0 aromatic heterocycles. The summed E-state index contributed by atoms with van der Waals surface area (Å²) in [5, 5.41) is 0. The molecule has 0 aliphatic heterocycles. The molecule has 0 saturated heterocycles. The monoisotopic (exact) mass is 155 g/mol. The van der Waals surface area contributed by atoms with Crippen LogP contribution in [0.3, 0.4) is 0 Å². The highest BCUT2D eigenvalue weighted by molar-refractivity contribution is 4.76. The van der Waals surface area contributed by atoms with Crippen LogP contribution in [0, 0.1) is 6.58 Å². The third-order valence-corrected chi connectivity index (χ3v) is 1.86. The zero-order chi connectivity index (χ0) is 8.53. The second-order valence-corrected chi connectivity index (χ2v) is 2.82. The summed E-state index contributed by atoms with van der Waals surface area (Å²) in [6.45, 7) is 7.56. The van der Waals surface area contributed by atoms with Crippen LogP contribution in [0.4, 0.5) is 0 Å². The summed E-state index contributed by atoms with van der Waals surface area (Å²) in [7, 11) is 1.70. The van der Waals surface area contributed by atoms with E-state index in [1.165, 1.54) is 25.7 Å². The first kappa shape index (κ1) is 10.7. The molecule has 0 aromatic rings. The van der Waals surface area contributed by atoms with Crippen LogP contribution >= 0.6 is 0 Å². The van der Waals surface area contributed by atoms with Gasteiger partial charge in [0.15, 0.2) is 0 Å². The Balaban J connectivity index is 3.14. The van der Waals surface area contributed by atoms with Crippen molar-refractivity contribution in [2.75, 3.05) is 7.11 Å². The predicted molar refractivity (Wildman–Crippen MR) is 48.4 cm³/mol. The standard InChI is InChI=1S/C10H19O/c1-4-6-7-8-9-10(5-2)11-3/h2,5,10H,4,6-9H2,1,3H3. The van der Waals surface area contributed by atoms with Crippen LogP contribution in [0.1, 0.15) is 39.0 Å². The van der Waals surface area contributed by atoms with Crippen molar-refractivity contribution in [3.8, 4) is 0 Å². The minimum atomic E-state index is 0.159. The molecule has 0 heterocycles. The second kappa shape index (κ2) is 7.80. The SMILES string of the molecule is [CH]=CC(CCCCCC)OC. The fourth-order valence-corrected chi connectivity index (χ4v) is 1.06. The van der Waals surface area contributed by atoms with E-state index in [1.54, 1.807) is 13.2 Å². The fraction of sp³-hybridized carbons (Fsp3) is 0.800. The number of unbranched alkanes of at least 4 members (excludes halogenated alkanes) is 3. The molecule has 0 bridgehead atoms. The highest BCUT2D eigenvalue weighted by Crippen LogP contribution is 2.07. The summed E-state index contributed by atoms with van der Waals surface area (Å²) in [4.78, 5) is 0. The van der Waals surface area contributed by atoms with Crippen molar-refractivity contribution in [2.45, 2.75) is 45.1 Å². The summed E-state index contributed by atoms with van der Waals surface area (Å²) >= 11 is 0. The molecule has 1 atom stereocenters. The molecule has 1 heteroatoms. The van der Waals surface area contributed by atoms with Gasteiger partial charge in [0.1, 0.15) is 0 Å². The van der Waals surface area contributed by atoms with Gasteiger partial charge in [0.2, 0.25) is 0 Å². The van der Waals surface area contributed by atoms with Crippen molar-refractivity contribution in [3.63, 3.8) is 0 Å². The van der Waals surface area contributed by atoms with Gasteiger partial charge in [-0.3, -0.25) is 0 Å². The van der Waals surface area contributed by atoms with Crippen LogP contribution in [0.25, 0.3) is 0 Å². The second-order valence-electron chi connectivity index (χ2n) is 2.82. The van der Waals surface area contributed by atoms with Crippen molar-refractivity contribution >= 4 is 0 Å². The maximum atomic E-state index is 5.35. The highest BCUT2D eigenvalue weighted by atomic mass is 16.5. The third-order valence-electron chi connectivity index (χ3n) is 1.86. The molecule has 0 spiro atoms. The smallest absolute Gasteiger partial charge is 0.0755 e. The molecule has 0 rings (SSSR count). The average molecular weight is 155 g/mol. The van der Waals surface area contributed by atoms with Crippen molar-refractivity contribution in [2.24, 2.45) is 0 Å². The summed E-state index contributed by atoms with van der Waals surface area (Å²) < 4.78 is 5.10. The minimum absolute atomic E-state index is 0.159. The fourth-order valence-electron chi connectivity index (χ4n) is 1.06. The van der Waals surface area contributed by atoms with Gasteiger partial charge in [-0.05, 0) is 6.42 Å². The van der Waals surface area contributed by atoms with Gasteiger partial charge in [0.25, 0.3) is 0 Å². The lowest BCUT2D eigenvalue weighted by molar-refractivity contribution is 0.131. The lowest BCUT2D eigenvalue weighted by Gasteiger charge is -2.08. The van der Waals surface area contributed by atoms with Gasteiger partial charge >= 0.3 is 0 Å². The van der Waals surface area contributed by atoms with E-state index in [2.05, 4.69) is 6.92 Å². The van der Waals surface area contributed by atoms with E-state index in [-0.39, 0.29) is 6.10 Å². The van der Waals surface area contributed by atoms with Gasteiger partial charge < -0.3 is 4.74 Å². The Morgan fingerprint density at radius 1 is 1.36 bits per heavy atom. The van der Waals surface area contributed by atoms with Crippen LogP contribution in [-0.4, -0.2) is 13.2 Å². The van der Waals surface area contributed by atoms with Gasteiger partial charge in [0, 0.05) is 7.11 Å². The molecular formula is C10H19O. The van der Waals surface area contributed by atoms with Crippen LogP contribution in [0.15, 0.2) is 6.08 Å². The van der Waals surface area contributed by atoms with Crippen LogP contribution in [-0.2, 0) is 4.74 Å². The van der Waals surface area contributed by atoms with Crippen molar-refractivity contribution < 1.29 is 4.74 Å². The normalized spacial score (nSPS) is 12.9. The van der Waals surface area contributed by atoms with E-state index in [4.69, 9.17) is 11.3 Å². The molecule has 0 saturated carbocycles. The Hall–Kier alpha value is -0.300. The number of hydrogen-bond donors (Lipinski definition) is 0. The molecule has 65 valence electrons. The molecule has 0 amide bonds. The number of hydrogen-bond acceptors (Lipinski definition) is 1. The van der Waals surface area contributed by atoms with Gasteiger partial charge in [-0.25, -0.2) is 0 Å². The molecular weight excluding hydrogens is 136 g/mol. The number of rotatable bonds is 7. The maximum Gasteiger partial charge on any atom is 0.0755 e. The predicted octanol–water partition coefficient (Wildman–Crippen LogP) is 2.96. The Labute approximate surface area is 70.4 Å². The van der Waals surface area contributed by atoms with Crippen molar-refractivity contribution in [3.05, 3.63) is 12.7 Å². The Morgan fingerprint density at radius 2 is 2.09 bits per heavy atom. The minimum Gasteiger partial charge on any atom is -0.377 e. The quantitative estimate of drug-likeness (QED) is 0.514. The zero-order valence-corrected chi connectivity index (χ0v) is 7.68. The largest absolute Gasteiger partial charge is 0.377 e. The zero-order valence-electron chi connectivity index (χ0n) is 7.68. The van der Waals surface area contributed by atoms with Gasteiger partial charge in [-0.2, -0.15) is 0 Å². The first-order valence-corrected chi connectivity index (χ1v) is 4.43. The first-order valence-electron chi connectivity index (χ1n) is 4.43. The maximum absolute atomic E-state index is 5.35. The third kappa shape index (κ3) is 6.11. The molecule has 0 aliphatic rings. The molecule has 1 radical (unpaired) electrons. The lowest BCUT2D eigenvalue weighted by atomic mass is 10.1. The number of ether oxygens (including phenoxy) is 1. The van der Waals surface area contributed by atoms with Gasteiger partial charge in [-0.1, -0.05) is 45.3 Å². The number of methoxy groups -OCH3 is 1. The van der Waals surface area contributed by atoms with E-state index < -0.39 is 0 Å². The Bertz CT molecular complexity index is 88.9. The summed E-state index contributed by atoms with van der Waals surface area (Å²) in [5.74, 6) is 0. The molecule has 0 aromatic carbocycles. The van der Waals surface area contributed by atoms with Gasteiger partial charge in [0.05, 0.1) is 6.10 Å². The van der Waals surface area contributed by atoms with Gasteiger partial charge in [-0.15, -0.1) is 0 Å². The van der Waals surface area contributed by atoms with E-state index in [0.717, 1.165) is 6.42 Å². The van der Waals surface area contributed by atoms with E-state index >= 15 is 0 Å². The molecule has 0 N–H and O–H groups in total. The molecule has 1 unspecified atom stereocenters. The van der Waals surface area contributed by atoms with Crippen LogP contribution < -0.4 is 0 Å². The van der Waals surface area contributed by atoms with E-state index in [1.807, 2.05) is 0 Å². The molecule has 1 nitrogen and oxygen atoms in total. The van der Waals surface area contributed by atoms with Crippen LogP contribution in [0.5, 0.6) is 0 Å². The Kier molecular flexibility index (Phi) is 7.59. The molecule has 0 aliphatic carbocycles. The summed E-state index contributed by atoms with van der Waals surface area (Å²) in [6, 6.07) is 0. The molecule has 11 heavy (non-hydrogen) atoms. The van der Waals surface area contributed by atoms with Crippen molar-refractivity contribution in [1.82, 2.24) is 0 Å². The van der Waals surface area contributed by atoms with Crippen molar-refractivity contribution in [1.29, 1.82) is 0 Å². The molecule has 0 fully saturated rings. The topological polar surface area (TPSA) is 9.23 Å². The average Bonchev–Trinajstić information content (AvgIpc) is 2.05. The first-order chi connectivity index (χ1) is 5.35. The van der Waals surface area contributed by atoms with E-state index in [0.29, 0.717) is 0 Å². The van der Waals surface area contributed by atoms with Crippen LogP contribution in [0.2, 0.25) is 0 Å². The highest BCUT2D eigenvalue weighted by Gasteiger charge is 1.99. The summed E-state index contributed by atoms with van der Waals surface area (Å²) in [6.07, 6.45) is 7.97. The van der Waals surface area contributed by atoms with E-state index in [9.17, 15) is 0 Å². The lowest BCUT2D eigenvalue weighted by Crippen LogP contribution is -2.05.